The van der Waals surface area contributed by atoms with E-state index in [2.05, 4.69) is 5.16 Å². The molecule has 0 spiro atoms. The highest BCUT2D eigenvalue weighted by Gasteiger charge is 2.32. The van der Waals surface area contributed by atoms with E-state index in [1.165, 1.54) is 12.1 Å². The molecule has 20 heavy (non-hydrogen) atoms. The lowest BCUT2D eigenvalue weighted by atomic mass is 10.1. The first-order chi connectivity index (χ1) is 9.36. The van der Waals surface area contributed by atoms with Gasteiger partial charge in [0, 0.05) is 12.6 Å². The molecule has 0 radical (unpaired) electrons. The molecule has 108 valence electrons. The fraction of sp³-hybridized carbons (Fsp3) is 0.357. The number of halogens is 3. The average molecular weight is 284 g/mol. The Kier molecular flexibility index (Phi) is 4.13. The molecular weight excluding hydrogens is 269 g/mol. The second-order valence-electron chi connectivity index (χ2n) is 4.76. The highest BCUT2D eigenvalue weighted by atomic mass is 19.4. The summed E-state index contributed by atoms with van der Waals surface area (Å²) in [5.74, 6) is 0.634. The fourth-order valence-electron chi connectivity index (χ4n) is 2.04. The molecule has 1 aromatic heterocycles. The summed E-state index contributed by atoms with van der Waals surface area (Å²) in [4.78, 5) is 1.75. The smallest absolute Gasteiger partial charge is 0.360 e. The molecule has 0 fully saturated rings. The lowest BCUT2D eigenvalue weighted by Crippen LogP contribution is -2.20. The molecular formula is C14H15F3N2O. The predicted octanol–water partition coefficient (Wildman–Crippen LogP) is 3.63. The summed E-state index contributed by atoms with van der Waals surface area (Å²) in [6.07, 6.45) is -4.33. The van der Waals surface area contributed by atoms with Gasteiger partial charge in [-0.05, 0) is 25.6 Å². The van der Waals surface area contributed by atoms with Crippen molar-refractivity contribution in [2.75, 3.05) is 7.05 Å². The molecule has 0 aliphatic rings. The molecule has 0 bridgehead atoms. The van der Waals surface area contributed by atoms with E-state index >= 15 is 0 Å². The van der Waals surface area contributed by atoms with E-state index in [9.17, 15) is 13.2 Å². The third-order valence-electron chi connectivity index (χ3n) is 2.87. The Morgan fingerprint density at radius 3 is 2.50 bits per heavy atom. The minimum absolute atomic E-state index is 0.190. The summed E-state index contributed by atoms with van der Waals surface area (Å²) in [7, 11) is 1.74. The maximum absolute atomic E-state index is 12.9. The molecule has 0 N–H and O–H groups in total. The van der Waals surface area contributed by atoms with Crippen LogP contribution < -0.4 is 0 Å². The molecule has 0 aliphatic heterocycles. The van der Waals surface area contributed by atoms with Gasteiger partial charge in [-0.3, -0.25) is 4.90 Å². The van der Waals surface area contributed by atoms with Crippen LogP contribution in [0.25, 0.3) is 0 Å². The van der Waals surface area contributed by atoms with Gasteiger partial charge in [0.05, 0.1) is 17.8 Å². The average Bonchev–Trinajstić information content (AvgIpc) is 2.73. The van der Waals surface area contributed by atoms with Crippen molar-refractivity contribution in [3.63, 3.8) is 0 Å². The molecule has 3 nitrogen and oxygen atoms in total. The Bertz CT molecular complexity index is 578. The van der Waals surface area contributed by atoms with Crippen molar-refractivity contribution in [1.29, 1.82) is 0 Å². The molecule has 2 rings (SSSR count). The molecule has 6 heteroatoms. The van der Waals surface area contributed by atoms with Gasteiger partial charge in [0.2, 0.25) is 0 Å². The first-order valence-electron chi connectivity index (χ1n) is 6.12. The standard InChI is InChI=1S/C14H15F3N2O/c1-10-7-12(20-18-10)9-19(2)8-11-5-3-4-6-13(11)14(15,16)17/h3-7H,8-9H2,1-2H3. The lowest BCUT2D eigenvalue weighted by Gasteiger charge is -2.18. The van der Waals surface area contributed by atoms with Gasteiger partial charge in [0.1, 0.15) is 0 Å². The largest absolute Gasteiger partial charge is 0.416 e. The van der Waals surface area contributed by atoms with Gasteiger partial charge in [-0.1, -0.05) is 23.4 Å². The zero-order valence-corrected chi connectivity index (χ0v) is 11.2. The van der Waals surface area contributed by atoms with Crippen molar-refractivity contribution in [3.05, 3.63) is 52.9 Å². The minimum atomic E-state index is -4.33. The molecule has 0 atom stereocenters. The van der Waals surface area contributed by atoms with Crippen LogP contribution in [0.5, 0.6) is 0 Å². The van der Waals surface area contributed by atoms with Crippen LogP contribution >= 0.6 is 0 Å². The monoisotopic (exact) mass is 284 g/mol. The van der Waals surface area contributed by atoms with Crippen LogP contribution in [-0.2, 0) is 19.3 Å². The highest BCUT2D eigenvalue weighted by Crippen LogP contribution is 2.32. The van der Waals surface area contributed by atoms with Crippen molar-refractivity contribution in [3.8, 4) is 0 Å². The van der Waals surface area contributed by atoms with Crippen LogP contribution in [0.4, 0.5) is 13.2 Å². The molecule has 0 saturated heterocycles. The number of hydrogen-bond donors (Lipinski definition) is 0. The Balaban J connectivity index is 2.10. The van der Waals surface area contributed by atoms with Crippen molar-refractivity contribution in [2.24, 2.45) is 0 Å². The minimum Gasteiger partial charge on any atom is -0.360 e. The topological polar surface area (TPSA) is 29.3 Å². The summed E-state index contributed by atoms with van der Waals surface area (Å²) in [6, 6.07) is 7.36. The first kappa shape index (κ1) is 14.6. The van der Waals surface area contributed by atoms with E-state index in [4.69, 9.17) is 4.52 Å². The number of alkyl halides is 3. The number of benzene rings is 1. The number of aryl methyl sites for hydroxylation is 1. The number of nitrogens with zero attached hydrogens (tertiary/aromatic N) is 2. The molecule has 0 amide bonds. The van der Waals surface area contributed by atoms with Crippen LogP contribution in [0.3, 0.4) is 0 Å². The van der Waals surface area contributed by atoms with Crippen LogP contribution in [0.15, 0.2) is 34.9 Å². The Morgan fingerprint density at radius 1 is 1.20 bits per heavy atom. The first-order valence-corrected chi connectivity index (χ1v) is 6.12. The van der Waals surface area contributed by atoms with Gasteiger partial charge in [-0.15, -0.1) is 0 Å². The second-order valence-corrected chi connectivity index (χ2v) is 4.76. The molecule has 2 aromatic rings. The Morgan fingerprint density at radius 2 is 1.90 bits per heavy atom. The zero-order valence-electron chi connectivity index (χ0n) is 11.2. The number of rotatable bonds is 4. The van der Waals surface area contributed by atoms with Gasteiger partial charge >= 0.3 is 6.18 Å². The van der Waals surface area contributed by atoms with Crippen molar-refractivity contribution >= 4 is 0 Å². The van der Waals surface area contributed by atoms with Crippen LogP contribution in [0, 0.1) is 6.92 Å². The van der Waals surface area contributed by atoms with Crippen molar-refractivity contribution in [2.45, 2.75) is 26.2 Å². The predicted molar refractivity (Wildman–Crippen MR) is 67.9 cm³/mol. The lowest BCUT2D eigenvalue weighted by molar-refractivity contribution is -0.138. The quantitative estimate of drug-likeness (QED) is 0.858. The SMILES string of the molecule is Cc1cc(CN(C)Cc2ccccc2C(F)(F)F)on1. The van der Waals surface area contributed by atoms with Crippen LogP contribution in [0.2, 0.25) is 0 Å². The van der Waals surface area contributed by atoms with E-state index < -0.39 is 11.7 Å². The summed E-state index contributed by atoms with van der Waals surface area (Å²) in [5, 5.41) is 3.75. The third-order valence-corrected chi connectivity index (χ3v) is 2.87. The second kappa shape index (κ2) is 5.66. The summed E-state index contributed by atoms with van der Waals surface area (Å²) in [6.45, 7) is 2.40. The summed E-state index contributed by atoms with van der Waals surface area (Å²) in [5.41, 5.74) is 0.406. The van der Waals surface area contributed by atoms with E-state index in [-0.39, 0.29) is 12.1 Å². The maximum atomic E-state index is 12.9. The zero-order chi connectivity index (χ0) is 14.8. The van der Waals surface area contributed by atoms with Gasteiger partial charge in [0.25, 0.3) is 0 Å². The third kappa shape index (κ3) is 3.60. The summed E-state index contributed by atoms with van der Waals surface area (Å²) < 4.78 is 43.7. The van der Waals surface area contributed by atoms with Gasteiger partial charge in [-0.2, -0.15) is 13.2 Å². The van der Waals surface area contributed by atoms with E-state index in [0.29, 0.717) is 12.3 Å². The van der Waals surface area contributed by atoms with E-state index in [1.54, 1.807) is 31.0 Å². The molecule has 0 aliphatic carbocycles. The Hall–Kier alpha value is -1.82. The van der Waals surface area contributed by atoms with Gasteiger partial charge in [0.15, 0.2) is 5.76 Å². The van der Waals surface area contributed by atoms with E-state index in [1.807, 2.05) is 0 Å². The normalized spacial score (nSPS) is 12.1. The number of hydrogen-bond acceptors (Lipinski definition) is 3. The molecule has 0 unspecified atom stereocenters. The van der Waals surface area contributed by atoms with Crippen LogP contribution in [0.1, 0.15) is 22.6 Å². The summed E-state index contributed by atoms with van der Waals surface area (Å²) >= 11 is 0. The highest BCUT2D eigenvalue weighted by molar-refractivity contribution is 5.29. The molecule has 1 aromatic carbocycles. The fourth-order valence-corrected chi connectivity index (χ4v) is 2.04. The van der Waals surface area contributed by atoms with Crippen LogP contribution in [-0.4, -0.2) is 17.1 Å². The molecule has 1 heterocycles. The van der Waals surface area contributed by atoms with Gasteiger partial charge in [-0.25, -0.2) is 0 Å². The van der Waals surface area contributed by atoms with Crippen molar-refractivity contribution in [1.82, 2.24) is 10.1 Å². The maximum Gasteiger partial charge on any atom is 0.416 e. The van der Waals surface area contributed by atoms with Gasteiger partial charge < -0.3 is 4.52 Å². The Labute approximate surface area is 115 Å². The van der Waals surface area contributed by atoms with Crippen molar-refractivity contribution < 1.29 is 17.7 Å². The number of aromatic nitrogens is 1. The van der Waals surface area contributed by atoms with E-state index in [0.717, 1.165) is 11.8 Å². The molecule has 0 saturated carbocycles.